The van der Waals surface area contributed by atoms with Crippen molar-refractivity contribution in [2.24, 2.45) is 5.10 Å². The molecule has 4 rings (SSSR count). The normalized spacial score (nSPS) is 17.4. The van der Waals surface area contributed by atoms with Gasteiger partial charge < -0.3 is 5.43 Å². The molecule has 2 heterocycles. The average molecular weight is 501 g/mol. The molecule has 1 aromatic heterocycles. The van der Waals surface area contributed by atoms with Crippen LogP contribution in [-0.4, -0.2) is 14.1 Å². The number of nitrogens with one attached hydrogen (secondary N) is 2. The molecule has 1 aliphatic rings. The van der Waals surface area contributed by atoms with Crippen LogP contribution in [0.5, 0.6) is 0 Å². The van der Waals surface area contributed by atoms with E-state index >= 15 is 0 Å². The maximum Gasteiger partial charge on any atom is 0.242 e. The zero-order chi connectivity index (χ0) is 21.3. The number of hydrogen-bond donors (Lipinski definition) is 2. The van der Waals surface area contributed by atoms with Crippen molar-refractivity contribution >= 4 is 61.9 Å². The molecule has 0 spiro atoms. The summed E-state index contributed by atoms with van der Waals surface area (Å²) in [5.74, 6) is 0. The topological polar surface area (TPSA) is 70.6 Å². The molecule has 0 radical (unpaired) electrons. The molecule has 0 bridgehead atoms. The maximum atomic E-state index is 12.9. The van der Waals surface area contributed by atoms with Crippen molar-refractivity contribution in [1.82, 2.24) is 10.1 Å². The summed E-state index contributed by atoms with van der Waals surface area (Å²) in [5, 5.41) is 9.20. The van der Waals surface area contributed by atoms with Crippen LogP contribution >= 0.6 is 46.1 Å². The van der Waals surface area contributed by atoms with Crippen LogP contribution < -0.4 is 10.1 Å². The standard InChI is InChI=1S/C20H16Cl3N3O2S2/c21-13-3-1-12(2-4-13)18-10-19(25-24-18)20(16-6-5-14(22)9-17(16)23)26-30(27,28)15-7-8-29-11-15/h1-9,11,18,20,24,26H,10H2. The Morgan fingerprint density at radius 3 is 2.47 bits per heavy atom. The van der Waals surface area contributed by atoms with Crippen molar-refractivity contribution in [3.05, 3.63) is 85.5 Å². The van der Waals surface area contributed by atoms with Crippen LogP contribution in [0.4, 0.5) is 0 Å². The third-order valence-electron chi connectivity index (χ3n) is 4.73. The summed E-state index contributed by atoms with van der Waals surface area (Å²) in [6, 6.07) is 13.1. The molecule has 0 fully saturated rings. The highest BCUT2D eigenvalue weighted by atomic mass is 35.5. The molecular formula is C20H16Cl3N3O2S2. The van der Waals surface area contributed by atoms with Crippen molar-refractivity contribution in [1.29, 1.82) is 0 Å². The van der Waals surface area contributed by atoms with Crippen molar-refractivity contribution < 1.29 is 8.42 Å². The van der Waals surface area contributed by atoms with Gasteiger partial charge in [0.15, 0.2) is 0 Å². The van der Waals surface area contributed by atoms with Gasteiger partial charge in [-0.05, 0) is 46.8 Å². The first kappa shape index (κ1) is 21.6. The zero-order valence-electron chi connectivity index (χ0n) is 15.3. The lowest BCUT2D eigenvalue weighted by Crippen LogP contribution is -2.33. The van der Waals surface area contributed by atoms with Gasteiger partial charge >= 0.3 is 0 Å². The van der Waals surface area contributed by atoms with Gasteiger partial charge in [0.05, 0.1) is 22.7 Å². The molecule has 10 heteroatoms. The maximum absolute atomic E-state index is 12.9. The molecule has 0 saturated carbocycles. The number of nitrogens with zero attached hydrogens (tertiary/aromatic N) is 1. The lowest BCUT2D eigenvalue weighted by molar-refractivity contribution is 0.577. The molecular weight excluding hydrogens is 485 g/mol. The molecule has 3 aromatic rings. The molecule has 0 amide bonds. The fourth-order valence-corrected chi connectivity index (χ4v) is 6.08. The van der Waals surface area contributed by atoms with Gasteiger partial charge in [-0.25, -0.2) is 8.42 Å². The predicted octanol–water partition coefficient (Wildman–Crippen LogP) is 5.82. The van der Waals surface area contributed by atoms with Gasteiger partial charge in [0.2, 0.25) is 10.0 Å². The minimum absolute atomic E-state index is 0.100. The van der Waals surface area contributed by atoms with E-state index in [1.165, 1.54) is 11.3 Å². The Labute approximate surface area is 193 Å². The Bertz CT molecular complexity index is 1180. The smallest absolute Gasteiger partial charge is 0.242 e. The fourth-order valence-electron chi connectivity index (χ4n) is 3.21. The summed E-state index contributed by atoms with van der Waals surface area (Å²) in [6.07, 6.45) is 0.497. The summed E-state index contributed by atoms with van der Waals surface area (Å²) in [7, 11) is -3.77. The second kappa shape index (κ2) is 8.86. The van der Waals surface area contributed by atoms with Crippen LogP contribution in [0.3, 0.4) is 0 Å². The predicted molar refractivity (Wildman–Crippen MR) is 123 cm³/mol. The molecule has 0 saturated heterocycles. The quantitative estimate of drug-likeness (QED) is 0.448. The van der Waals surface area contributed by atoms with Gasteiger partial charge in [0, 0.05) is 26.9 Å². The van der Waals surface area contributed by atoms with Crippen molar-refractivity contribution in [3.8, 4) is 0 Å². The van der Waals surface area contributed by atoms with Crippen LogP contribution in [0.15, 0.2) is 69.3 Å². The van der Waals surface area contributed by atoms with E-state index in [0.29, 0.717) is 32.8 Å². The third kappa shape index (κ3) is 4.66. The van der Waals surface area contributed by atoms with Gasteiger partial charge in [0.25, 0.3) is 0 Å². The molecule has 156 valence electrons. The second-order valence-corrected chi connectivity index (χ2v) is 10.5. The van der Waals surface area contributed by atoms with Crippen LogP contribution in [0.2, 0.25) is 15.1 Å². The van der Waals surface area contributed by atoms with Crippen LogP contribution in [0.1, 0.15) is 29.6 Å². The first-order valence-electron chi connectivity index (χ1n) is 8.90. The Morgan fingerprint density at radius 1 is 1.07 bits per heavy atom. The highest BCUT2D eigenvalue weighted by Gasteiger charge is 2.32. The van der Waals surface area contributed by atoms with Crippen LogP contribution in [0.25, 0.3) is 0 Å². The third-order valence-corrected chi connectivity index (χ3v) is 7.80. The van der Waals surface area contributed by atoms with Crippen LogP contribution in [-0.2, 0) is 10.0 Å². The van der Waals surface area contributed by atoms with Gasteiger partial charge in [-0.2, -0.15) is 21.2 Å². The summed E-state index contributed by atoms with van der Waals surface area (Å²) in [6.45, 7) is 0. The molecule has 0 aliphatic carbocycles. The SMILES string of the molecule is O=S(=O)(NC(C1=NNC(c2ccc(Cl)cc2)C1)c1ccc(Cl)cc1Cl)c1ccsc1. The van der Waals surface area contributed by atoms with E-state index in [4.69, 9.17) is 34.8 Å². The van der Waals surface area contributed by atoms with E-state index in [2.05, 4.69) is 15.2 Å². The Balaban J connectivity index is 1.66. The van der Waals surface area contributed by atoms with Crippen molar-refractivity contribution in [3.63, 3.8) is 0 Å². The van der Waals surface area contributed by atoms with Crippen LogP contribution in [0, 0.1) is 0 Å². The fraction of sp³-hybridized carbons (Fsp3) is 0.150. The van der Waals surface area contributed by atoms with Gasteiger partial charge in [-0.1, -0.05) is 53.0 Å². The van der Waals surface area contributed by atoms with Crippen molar-refractivity contribution in [2.45, 2.75) is 23.4 Å². The van der Waals surface area contributed by atoms with E-state index in [1.54, 1.807) is 35.0 Å². The minimum Gasteiger partial charge on any atom is -0.302 e. The lowest BCUT2D eigenvalue weighted by atomic mass is 9.96. The Hall–Kier alpha value is -1.61. The summed E-state index contributed by atoms with van der Waals surface area (Å²) in [4.78, 5) is 0.198. The minimum atomic E-state index is -3.77. The van der Waals surface area contributed by atoms with Gasteiger partial charge in [-0.15, -0.1) is 0 Å². The summed E-state index contributed by atoms with van der Waals surface area (Å²) < 4.78 is 28.6. The molecule has 30 heavy (non-hydrogen) atoms. The number of rotatable bonds is 6. The van der Waals surface area contributed by atoms with Gasteiger partial charge in [-0.3, -0.25) is 0 Å². The Kier molecular flexibility index (Phi) is 6.39. The lowest BCUT2D eigenvalue weighted by Gasteiger charge is -2.20. The number of benzene rings is 2. The second-order valence-electron chi connectivity index (χ2n) is 6.72. The number of hydrazone groups is 1. The molecule has 2 N–H and O–H groups in total. The Morgan fingerprint density at radius 2 is 1.80 bits per heavy atom. The zero-order valence-corrected chi connectivity index (χ0v) is 19.3. The monoisotopic (exact) mass is 499 g/mol. The number of hydrogen-bond acceptors (Lipinski definition) is 5. The highest BCUT2D eigenvalue weighted by Crippen LogP contribution is 2.33. The first-order chi connectivity index (χ1) is 14.3. The van der Waals surface area contributed by atoms with E-state index in [1.807, 2.05) is 24.3 Å². The van der Waals surface area contributed by atoms with E-state index in [9.17, 15) is 8.42 Å². The average Bonchev–Trinajstić information content (AvgIpc) is 3.40. The summed E-state index contributed by atoms with van der Waals surface area (Å²) in [5.41, 5.74) is 5.29. The number of halogens is 3. The molecule has 5 nitrogen and oxygen atoms in total. The van der Waals surface area contributed by atoms with Gasteiger partial charge in [0.1, 0.15) is 0 Å². The highest BCUT2D eigenvalue weighted by molar-refractivity contribution is 7.89. The molecule has 2 aromatic carbocycles. The van der Waals surface area contributed by atoms with E-state index < -0.39 is 16.1 Å². The number of sulfonamides is 1. The largest absolute Gasteiger partial charge is 0.302 e. The van der Waals surface area contributed by atoms with E-state index in [0.717, 1.165) is 5.56 Å². The first-order valence-corrected chi connectivity index (χ1v) is 12.5. The summed E-state index contributed by atoms with van der Waals surface area (Å²) >= 11 is 19.7. The molecule has 2 atom stereocenters. The molecule has 1 aliphatic heterocycles. The number of thiophene rings is 1. The van der Waals surface area contributed by atoms with E-state index in [-0.39, 0.29) is 10.9 Å². The van der Waals surface area contributed by atoms with Crippen molar-refractivity contribution in [2.75, 3.05) is 0 Å². The molecule has 2 unspecified atom stereocenters.